The first-order valence-corrected chi connectivity index (χ1v) is 5.67. The zero-order valence-corrected chi connectivity index (χ0v) is 10.5. The van der Waals surface area contributed by atoms with Gasteiger partial charge in [-0.15, -0.1) is 12.4 Å². The largest absolute Gasteiger partial charge is 0.497 e. The van der Waals surface area contributed by atoms with Crippen molar-refractivity contribution in [1.29, 1.82) is 0 Å². The normalized spacial score (nSPS) is 23.9. The van der Waals surface area contributed by atoms with E-state index in [-0.39, 0.29) is 12.4 Å². The van der Waals surface area contributed by atoms with Gasteiger partial charge < -0.3 is 10.5 Å². The van der Waals surface area contributed by atoms with Gasteiger partial charge in [0, 0.05) is 0 Å². The number of hydrogen-bond acceptors (Lipinski definition) is 2. The topological polar surface area (TPSA) is 35.2 Å². The van der Waals surface area contributed by atoms with Crippen LogP contribution in [-0.2, 0) is 0 Å². The smallest absolute Gasteiger partial charge is 0.118 e. The molecule has 2 nitrogen and oxygen atoms in total. The average Bonchev–Trinajstić information content (AvgIpc) is 2.78. The Morgan fingerprint density at radius 2 is 1.94 bits per heavy atom. The molecule has 1 aliphatic rings. The molecule has 0 bridgehead atoms. The van der Waals surface area contributed by atoms with Gasteiger partial charge in [-0.25, -0.2) is 0 Å². The third kappa shape index (κ3) is 2.89. The lowest BCUT2D eigenvalue weighted by Crippen LogP contribution is -2.10. The third-order valence-corrected chi connectivity index (χ3v) is 3.46. The van der Waals surface area contributed by atoms with E-state index in [9.17, 15) is 0 Å². The van der Waals surface area contributed by atoms with Gasteiger partial charge in [0.25, 0.3) is 0 Å². The number of rotatable bonds is 3. The van der Waals surface area contributed by atoms with Crippen LogP contribution in [0.1, 0.15) is 30.7 Å². The number of methoxy groups -OCH3 is 1. The van der Waals surface area contributed by atoms with E-state index >= 15 is 0 Å². The van der Waals surface area contributed by atoms with Gasteiger partial charge in [0.1, 0.15) is 5.75 Å². The SMILES string of the molecule is COc1ccc(C2CCC(CN)C2)cc1.Cl. The highest BCUT2D eigenvalue weighted by Gasteiger charge is 2.24. The predicted molar refractivity (Wildman–Crippen MR) is 69.4 cm³/mol. The van der Waals surface area contributed by atoms with Crippen LogP contribution >= 0.6 is 12.4 Å². The van der Waals surface area contributed by atoms with Gasteiger partial charge in [0.05, 0.1) is 7.11 Å². The molecule has 1 aliphatic carbocycles. The molecular weight excluding hydrogens is 222 g/mol. The van der Waals surface area contributed by atoms with Crippen LogP contribution in [0.15, 0.2) is 24.3 Å². The van der Waals surface area contributed by atoms with Crippen LogP contribution in [0, 0.1) is 5.92 Å². The summed E-state index contributed by atoms with van der Waals surface area (Å²) < 4.78 is 5.15. The Bertz CT molecular complexity index is 312. The second-order valence-corrected chi connectivity index (χ2v) is 4.38. The molecular formula is C13H20ClNO. The first-order valence-electron chi connectivity index (χ1n) is 5.67. The van der Waals surface area contributed by atoms with E-state index in [2.05, 4.69) is 12.1 Å². The van der Waals surface area contributed by atoms with E-state index < -0.39 is 0 Å². The Kier molecular flexibility index (Phi) is 5.10. The maximum absolute atomic E-state index is 5.70. The first-order chi connectivity index (χ1) is 7.33. The highest BCUT2D eigenvalue weighted by atomic mass is 35.5. The van der Waals surface area contributed by atoms with Gasteiger partial charge in [-0.2, -0.15) is 0 Å². The fraction of sp³-hybridized carbons (Fsp3) is 0.538. The number of ether oxygens (including phenoxy) is 1. The van der Waals surface area contributed by atoms with Crippen molar-refractivity contribution in [2.45, 2.75) is 25.2 Å². The van der Waals surface area contributed by atoms with Crippen LogP contribution < -0.4 is 10.5 Å². The Morgan fingerprint density at radius 1 is 1.25 bits per heavy atom. The number of nitrogens with two attached hydrogens (primary N) is 1. The summed E-state index contributed by atoms with van der Waals surface area (Å²) in [6.45, 7) is 0.840. The zero-order valence-electron chi connectivity index (χ0n) is 9.69. The van der Waals surface area contributed by atoms with Crippen molar-refractivity contribution in [2.75, 3.05) is 13.7 Å². The number of hydrogen-bond donors (Lipinski definition) is 1. The van der Waals surface area contributed by atoms with Crippen molar-refractivity contribution in [3.05, 3.63) is 29.8 Å². The maximum atomic E-state index is 5.70. The first kappa shape index (κ1) is 13.3. The van der Waals surface area contributed by atoms with Gasteiger partial charge in [-0.1, -0.05) is 12.1 Å². The Morgan fingerprint density at radius 3 is 2.44 bits per heavy atom. The van der Waals surface area contributed by atoms with Crippen molar-refractivity contribution in [1.82, 2.24) is 0 Å². The zero-order chi connectivity index (χ0) is 10.7. The molecule has 1 saturated carbocycles. The van der Waals surface area contributed by atoms with Crippen LogP contribution in [0.2, 0.25) is 0 Å². The fourth-order valence-corrected chi connectivity index (χ4v) is 2.47. The summed E-state index contributed by atoms with van der Waals surface area (Å²) in [7, 11) is 1.70. The molecule has 2 N–H and O–H groups in total. The minimum absolute atomic E-state index is 0. The van der Waals surface area contributed by atoms with Crippen molar-refractivity contribution in [3.8, 4) is 5.75 Å². The van der Waals surface area contributed by atoms with Crippen molar-refractivity contribution in [2.24, 2.45) is 11.7 Å². The van der Waals surface area contributed by atoms with Gasteiger partial charge in [-0.05, 0) is 55.3 Å². The minimum atomic E-state index is 0. The summed E-state index contributed by atoms with van der Waals surface area (Å²) in [6, 6.07) is 8.46. The summed E-state index contributed by atoms with van der Waals surface area (Å²) in [5, 5.41) is 0. The summed E-state index contributed by atoms with van der Waals surface area (Å²) in [4.78, 5) is 0. The van der Waals surface area contributed by atoms with E-state index in [4.69, 9.17) is 10.5 Å². The monoisotopic (exact) mass is 241 g/mol. The molecule has 16 heavy (non-hydrogen) atoms. The quantitative estimate of drug-likeness (QED) is 0.883. The van der Waals surface area contributed by atoms with Crippen molar-refractivity contribution in [3.63, 3.8) is 0 Å². The molecule has 1 fully saturated rings. The molecule has 2 unspecified atom stereocenters. The molecule has 1 aromatic rings. The molecule has 0 aromatic heterocycles. The second-order valence-electron chi connectivity index (χ2n) is 4.38. The van der Waals surface area contributed by atoms with Gasteiger partial charge in [-0.3, -0.25) is 0 Å². The molecule has 0 aliphatic heterocycles. The molecule has 0 spiro atoms. The van der Waals surface area contributed by atoms with Gasteiger partial charge in [0.2, 0.25) is 0 Å². The van der Waals surface area contributed by atoms with Crippen LogP contribution in [0.5, 0.6) is 5.75 Å². The Balaban J connectivity index is 0.00000128. The summed E-state index contributed by atoms with van der Waals surface area (Å²) >= 11 is 0. The molecule has 2 atom stereocenters. The summed E-state index contributed by atoms with van der Waals surface area (Å²) in [5.41, 5.74) is 7.14. The molecule has 0 heterocycles. The maximum Gasteiger partial charge on any atom is 0.118 e. The van der Waals surface area contributed by atoms with Crippen LogP contribution in [0.3, 0.4) is 0 Å². The summed E-state index contributed by atoms with van der Waals surface area (Å²) in [5.74, 6) is 2.38. The Hall–Kier alpha value is -0.730. The number of halogens is 1. The van der Waals surface area contributed by atoms with E-state index in [1.54, 1.807) is 7.11 Å². The average molecular weight is 242 g/mol. The Labute approximate surface area is 104 Å². The lowest BCUT2D eigenvalue weighted by molar-refractivity contribution is 0.414. The molecule has 0 saturated heterocycles. The van der Waals surface area contributed by atoms with Crippen LogP contribution in [0.25, 0.3) is 0 Å². The van der Waals surface area contributed by atoms with E-state index in [0.29, 0.717) is 5.92 Å². The molecule has 2 rings (SSSR count). The molecule has 0 amide bonds. The van der Waals surface area contributed by atoms with Crippen LogP contribution in [0.4, 0.5) is 0 Å². The molecule has 3 heteroatoms. The third-order valence-electron chi connectivity index (χ3n) is 3.46. The van der Waals surface area contributed by atoms with E-state index in [1.165, 1.54) is 24.8 Å². The lowest BCUT2D eigenvalue weighted by Gasteiger charge is -2.11. The lowest BCUT2D eigenvalue weighted by atomic mass is 9.96. The molecule has 1 aromatic carbocycles. The molecule has 0 radical (unpaired) electrons. The van der Waals surface area contributed by atoms with Gasteiger partial charge >= 0.3 is 0 Å². The van der Waals surface area contributed by atoms with Crippen molar-refractivity contribution >= 4 is 12.4 Å². The highest BCUT2D eigenvalue weighted by molar-refractivity contribution is 5.85. The second kappa shape index (κ2) is 6.12. The van der Waals surface area contributed by atoms with Crippen molar-refractivity contribution < 1.29 is 4.74 Å². The van der Waals surface area contributed by atoms with E-state index in [1.807, 2.05) is 12.1 Å². The van der Waals surface area contributed by atoms with Crippen LogP contribution in [-0.4, -0.2) is 13.7 Å². The minimum Gasteiger partial charge on any atom is -0.497 e. The van der Waals surface area contributed by atoms with Gasteiger partial charge in [0.15, 0.2) is 0 Å². The molecule has 90 valence electrons. The predicted octanol–water partition coefficient (Wildman–Crippen LogP) is 2.96. The van der Waals surface area contributed by atoms with E-state index in [0.717, 1.165) is 18.2 Å². The summed E-state index contributed by atoms with van der Waals surface area (Å²) in [6.07, 6.45) is 3.82. The highest BCUT2D eigenvalue weighted by Crippen LogP contribution is 2.37. The number of benzene rings is 1. The standard InChI is InChI=1S/C13H19NO.ClH/c1-15-13-6-4-11(5-7-13)12-3-2-10(8-12)9-14;/h4-7,10,12H,2-3,8-9,14H2,1H3;1H. The fourth-order valence-electron chi connectivity index (χ4n) is 2.47.